The predicted molar refractivity (Wildman–Crippen MR) is 70.8 cm³/mol. The first kappa shape index (κ1) is 13.6. The molecule has 0 aromatic carbocycles. The Morgan fingerprint density at radius 1 is 1.26 bits per heavy atom. The zero-order valence-corrected chi connectivity index (χ0v) is 11.4. The highest BCUT2D eigenvalue weighted by molar-refractivity contribution is 7.92. The predicted octanol–water partition coefficient (Wildman–Crippen LogP) is 1.94. The lowest BCUT2D eigenvalue weighted by Gasteiger charge is -2.08. The molecule has 0 spiro atoms. The Labute approximate surface area is 115 Å². The van der Waals surface area contributed by atoms with Crippen LogP contribution in [0.3, 0.4) is 0 Å². The van der Waals surface area contributed by atoms with Crippen LogP contribution in [0.4, 0.5) is 5.69 Å². The van der Waals surface area contributed by atoms with E-state index in [1.165, 1.54) is 37.7 Å². The maximum Gasteiger partial charge on any atom is 0.265 e. The first-order valence-electron chi connectivity index (χ1n) is 5.16. The highest BCUT2D eigenvalue weighted by Crippen LogP contribution is 2.21. The van der Waals surface area contributed by atoms with E-state index in [0.717, 1.165) is 0 Å². The van der Waals surface area contributed by atoms with Crippen LogP contribution in [0.2, 0.25) is 5.15 Å². The smallest absolute Gasteiger partial charge is 0.265 e. The third kappa shape index (κ3) is 3.12. The summed E-state index contributed by atoms with van der Waals surface area (Å²) in [6, 6.07) is 5.94. The van der Waals surface area contributed by atoms with Crippen molar-refractivity contribution in [3.63, 3.8) is 0 Å². The minimum absolute atomic E-state index is 0.0866. The Kier molecular flexibility index (Phi) is 3.87. The van der Waals surface area contributed by atoms with Gasteiger partial charge in [0.25, 0.3) is 10.0 Å². The quantitative estimate of drug-likeness (QED) is 0.873. The van der Waals surface area contributed by atoms with E-state index < -0.39 is 10.0 Å². The van der Waals surface area contributed by atoms with Crippen LogP contribution < -0.4 is 9.46 Å². The molecular formula is C11H10ClN3O3S. The van der Waals surface area contributed by atoms with Gasteiger partial charge in [-0.1, -0.05) is 11.6 Å². The van der Waals surface area contributed by atoms with Gasteiger partial charge in [0.15, 0.2) is 0 Å². The van der Waals surface area contributed by atoms with Crippen molar-refractivity contribution < 1.29 is 13.2 Å². The summed E-state index contributed by atoms with van der Waals surface area (Å²) in [4.78, 5) is 7.53. The molecule has 0 saturated carbocycles. The molecule has 8 heteroatoms. The normalized spacial score (nSPS) is 11.1. The summed E-state index contributed by atoms with van der Waals surface area (Å²) in [6.07, 6.45) is 2.76. The number of halogens is 1. The van der Waals surface area contributed by atoms with E-state index in [4.69, 9.17) is 16.3 Å². The second-order valence-corrected chi connectivity index (χ2v) is 5.50. The molecule has 0 unspecified atom stereocenters. The zero-order chi connectivity index (χ0) is 13.9. The lowest BCUT2D eigenvalue weighted by molar-refractivity contribution is 0.398. The van der Waals surface area contributed by atoms with Gasteiger partial charge in [-0.3, -0.25) is 4.72 Å². The van der Waals surface area contributed by atoms with E-state index in [9.17, 15) is 8.42 Å². The van der Waals surface area contributed by atoms with Crippen molar-refractivity contribution in [1.82, 2.24) is 9.97 Å². The summed E-state index contributed by atoms with van der Waals surface area (Å²) >= 11 is 5.76. The van der Waals surface area contributed by atoms with Crippen molar-refractivity contribution in [1.29, 1.82) is 0 Å². The minimum Gasteiger partial charge on any atom is -0.481 e. The summed E-state index contributed by atoms with van der Waals surface area (Å²) in [5.74, 6) is 0.391. The van der Waals surface area contributed by atoms with Crippen LogP contribution in [-0.4, -0.2) is 25.5 Å². The monoisotopic (exact) mass is 299 g/mol. The van der Waals surface area contributed by atoms with Crippen LogP contribution in [0.1, 0.15) is 0 Å². The topological polar surface area (TPSA) is 81.2 Å². The molecule has 2 aromatic heterocycles. The van der Waals surface area contributed by atoms with Crippen molar-refractivity contribution in [2.45, 2.75) is 4.90 Å². The number of anilines is 1. The summed E-state index contributed by atoms with van der Waals surface area (Å²) in [7, 11) is -2.32. The van der Waals surface area contributed by atoms with Crippen LogP contribution in [0, 0.1) is 0 Å². The highest BCUT2D eigenvalue weighted by atomic mass is 35.5. The number of ether oxygens (including phenoxy) is 1. The molecule has 0 fully saturated rings. The number of sulfonamides is 1. The van der Waals surface area contributed by atoms with Gasteiger partial charge in [-0.15, -0.1) is 0 Å². The maximum atomic E-state index is 12.1. The number of methoxy groups -OCH3 is 1. The molecule has 0 saturated heterocycles. The Hall–Kier alpha value is -1.86. The number of aromatic nitrogens is 2. The lowest BCUT2D eigenvalue weighted by atomic mass is 10.4. The number of nitrogens with zero attached hydrogens (tertiary/aromatic N) is 2. The fourth-order valence-corrected chi connectivity index (χ4v) is 2.84. The van der Waals surface area contributed by atoms with Crippen molar-refractivity contribution >= 4 is 27.3 Å². The molecule has 19 heavy (non-hydrogen) atoms. The second-order valence-electron chi connectivity index (χ2n) is 3.49. The average molecular weight is 300 g/mol. The number of pyridine rings is 2. The van der Waals surface area contributed by atoms with Gasteiger partial charge in [0.1, 0.15) is 10.0 Å². The number of hydrogen-bond donors (Lipinski definition) is 1. The number of rotatable bonds is 4. The summed E-state index contributed by atoms with van der Waals surface area (Å²) in [5.41, 5.74) is 0.306. The van der Waals surface area contributed by atoms with Crippen LogP contribution in [0.5, 0.6) is 5.88 Å². The third-order valence-electron chi connectivity index (χ3n) is 2.21. The van der Waals surface area contributed by atoms with Gasteiger partial charge in [-0.2, -0.15) is 0 Å². The van der Waals surface area contributed by atoms with E-state index in [1.807, 2.05) is 0 Å². The molecule has 6 nitrogen and oxygen atoms in total. The molecule has 2 heterocycles. The van der Waals surface area contributed by atoms with Gasteiger partial charge in [0.2, 0.25) is 5.88 Å². The Morgan fingerprint density at radius 3 is 2.63 bits per heavy atom. The van der Waals surface area contributed by atoms with Crippen LogP contribution in [0.15, 0.2) is 41.6 Å². The Balaban J connectivity index is 2.28. The van der Waals surface area contributed by atoms with Gasteiger partial charge < -0.3 is 4.74 Å². The second kappa shape index (κ2) is 5.41. The first-order chi connectivity index (χ1) is 9.03. The SMILES string of the molecule is COc1ccc(NS(=O)(=O)c2cccnc2Cl)cn1. The molecule has 0 aliphatic carbocycles. The average Bonchev–Trinajstić information content (AvgIpc) is 2.39. The molecule has 0 bridgehead atoms. The van der Waals surface area contributed by atoms with Gasteiger partial charge in [-0.25, -0.2) is 18.4 Å². The summed E-state index contributed by atoms with van der Waals surface area (Å²) in [5, 5.41) is -0.0866. The third-order valence-corrected chi connectivity index (χ3v) is 4.04. The largest absolute Gasteiger partial charge is 0.481 e. The van der Waals surface area contributed by atoms with Gasteiger partial charge in [0.05, 0.1) is 19.0 Å². The molecule has 100 valence electrons. The molecule has 0 aliphatic rings. The van der Waals surface area contributed by atoms with Gasteiger partial charge in [0, 0.05) is 12.3 Å². The van der Waals surface area contributed by atoms with Crippen molar-refractivity contribution in [3.8, 4) is 5.88 Å². The number of nitrogens with one attached hydrogen (secondary N) is 1. The maximum absolute atomic E-state index is 12.1. The zero-order valence-electron chi connectivity index (χ0n) is 9.87. The summed E-state index contributed by atoms with van der Waals surface area (Å²) < 4.78 is 31.4. The molecule has 0 amide bonds. The van der Waals surface area contributed by atoms with Crippen molar-refractivity contribution in [3.05, 3.63) is 41.8 Å². The van der Waals surface area contributed by atoms with Crippen LogP contribution >= 0.6 is 11.6 Å². The van der Waals surface area contributed by atoms with Gasteiger partial charge in [-0.05, 0) is 18.2 Å². The highest BCUT2D eigenvalue weighted by Gasteiger charge is 2.18. The summed E-state index contributed by atoms with van der Waals surface area (Å²) in [6.45, 7) is 0. The van der Waals surface area contributed by atoms with E-state index >= 15 is 0 Å². The van der Waals surface area contributed by atoms with Crippen LogP contribution in [0.25, 0.3) is 0 Å². The molecule has 0 radical (unpaired) electrons. The minimum atomic E-state index is -3.79. The molecule has 1 N–H and O–H groups in total. The molecular weight excluding hydrogens is 290 g/mol. The molecule has 0 aliphatic heterocycles. The lowest BCUT2D eigenvalue weighted by Crippen LogP contribution is -2.14. The van der Waals surface area contributed by atoms with E-state index in [0.29, 0.717) is 11.6 Å². The standard InChI is InChI=1S/C11H10ClN3O3S/c1-18-10-5-4-8(7-14-10)15-19(16,17)9-3-2-6-13-11(9)12/h2-7,15H,1H3. The molecule has 2 rings (SSSR count). The Morgan fingerprint density at radius 2 is 2.05 bits per heavy atom. The van der Waals surface area contributed by atoms with Crippen LogP contribution in [-0.2, 0) is 10.0 Å². The fraction of sp³-hybridized carbons (Fsp3) is 0.0909. The molecule has 2 aromatic rings. The van der Waals surface area contributed by atoms with E-state index in [2.05, 4.69) is 14.7 Å². The Bertz CT molecular complexity index is 674. The fourth-order valence-electron chi connectivity index (χ4n) is 1.34. The van der Waals surface area contributed by atoms with Crippen molar-refractivity contribution in [2.75, 3.05) is 11.8 Å². The first-order valence-corrected chi connectivity index (χ1v) is 7.02. The van der Waals surface area contributed by atoms with Crippen molar-refractivity contribution in [2.24, 2.45) is 0 Å². The van der Waals surface area contributed by atoms with E-state index in [-0.39, 0.29) is 10.0 Å². The van der Waals surface area contributed by atoms with E-state index in [1.54, 1.807) is 6.07 Å². The number of hydrogen-bond acceptors (Lipinski definition) is 5. The van der Waals surface area contributed by atoms with Gasteiger partial charge >= 0.3 is 0 Å². The molecule has 0 atom stereocenters.